The van der Waals surface area contributed by atoms with Crippen molar-refractivity contribution in [3.8, 4) is 11.4 Å². The molecule has 0 saturated carbocycles. The van der Waals surface area contributed by atoms with Gasteiger partial charge in [-0.05, 0) is 37.1 Å². The first-order valence-electron chi connectivity index (χ1n) is 6.15. The molecule has 2 aromatic rings. The van der Waals surface area contributed by atoms with Crippen molar-refractivity contribution in [1.82, 2.24) is 15.5 Å². The summed E-state index contributed by atoms with van der Waals surface area (Å²) in [5, 5.41) is 16.5. The molecule has 19 heavy (non-hydrogen) atoms. The highest BCUT2D eigenvalue weighted by Crippen LogP contribution is 2.26. The summed E-state index contributed by atoms with van der Waals surface area (Å²) in [7, 11) is 0. The molecule has 1 aromatic carbocycles. The van der Waals surface area contributed by atoms with Crippen molar-refractivity contribution < 1.29 is 14.0 Å². The monoisotopic (exact) mass is 263 g/mol. The topological polar surface area (TPSA) is 71.2 Å². The van der Waals surface area contributed by atoms with Crippen molar-refractivity contribution in [3.63, 3.8) is 0 Å². The normalized spacial score (nSPS) is 22.9. The Balaban J connectivity index is 1.88. The van der Waals surface area contributed by atoms with Crippen LogP contribution in [0.5, 0.6) is 0 Å². The number of aliphatic hydroxyl groups is 1. The maximum Gasteiger partial charge on any atom is 0.244 e. The smallest absolute Gasteiger partial charge is 0.244 e. The van der Waals surface area contributed by atoms with Gasteiger partial charge < -0.3 is 14.9 Å². The first-order chi connectivity index (χ1) is 9.13. The summed E-state index contributed by atoms with van der Waals surface area (Å²) < 4.78 is 18.3. The second-order valence-electron chi connectivity index (χ2n) is 4.77. The molecule has 0 unspecified atom stereocenters. The first kappa shape index (κ1) is 12.3. The predicted molar refractivity (Wildman–Crippen MR) is 65.8 cm³/mol. The summed E-state index contributed by atoms with van der Waals surface area (Å²) in [6, 6.07) is 4.33. The zero-order valence-corrected chi connectivity index (χ0v) is 10.4. The number of β-amino-alcohol motifs (C(OH)–C–C–N with tert-alkyl or cyclic N) is 1. The van der Waals surface area contributed by atoms with E-state index in [2.05, 4.69) is 15.5 Å². The van der Waals surface area contributed by atoms with Crippen LogP contribution in [0.2, 0.25) is 0 Å². The van der Waals surface area contributed by atoms with E-state index in [1.807, 2.05) is 0 Å². The van der Waals surface area contributed by atoms with Gasteiger partial charge in [-0.2, -0.15) is 4.98 Å². The minimum Gasteiger partial charge on any atom is -0.392 e. The minimum absolute atomic E-state index is 0.114. The number of hydrogen-bond acceptors (Lipinski definition) is 5. The maximum absolute atomic E-state index is 13.1. The van der Waals surface area contributed by atoms with E-state index in [9.17, 15) is 9.50 Å². The van der Waals surface area contributed by atoms with Crippen molar-refractivity contribution in [1.29, 1.82) is 0 Å². The lowest BCUT2D eigenvalue weighted by Crippen LogP contribution is -2.15. The molecule has 0 radical (unpaired) electrons. The Morgan fingerprint density at radius 2 is 2.32 bits per heavy atom. The zero-order chi connectivity index (χ0) is 13.4. The third-order valence-electron chi connectivity index (χ3n) is 3.28. The van der Waals surface area contributed by atoms with Crippen LogP contribution in [-0.2, 0) is 0 Å². The number of benzene rings is 1. The lowest BCUT2D eigenvalue weighted by atomic mass is 10.1. The Morgan fingerprint density at radius 1 is 1.47 bits per heavy atom. The van der Waals surface area contributed by atoms with Crippen molar-refractivity contribution in [2.45, 2.75) is 25.5 Å². The summed E-state index contributed by atoms with van der Waals surface area (Å²) in [4.78, 5) is 4.31. The lowest BCUT2D eigenvalue weighted by molar-refractivity contribution is 0.191. The van der Waals surface area contributed by atoms with Crippen LogP contribution in [-0.4, -0.2) is 27.9 Å². The number of nitrogens with one attached hydrogen (secondary N) is 1. The highest BCUT2D eigenvalue weighted by molar-refractivity contribution is 5.59. The Kier molecular flexibility index (Phi) is 3.04. The molecule has 1 fully saturated rings. The number of nitrogens with zero attached hydrogens (tertiary/aromatic N) is 2. The van der Waals surface area contributed by atoms with E-state index in [0.717, 1.165) is 11.1 Å². The van der Waals surface area contributed by atoms with Crippen LogP contribution >= 0.6 is 0 Å². The van der Waals surface area contributed by atoms with E-state index < -0.39 is 0 Å². The summed E-state index contributed by atoms with van der Waals surface area (Å²) in [6.07, 6.45) is 0.178. The fourth-order valence-corrected chi connectivity index (χ4v) is 2.27. The van der Waals surface area contributed by atoms with E-state index in [1.165, 1.54) is 12.1 Å². The molecule has 6 heteroatoms. The van der Waals surface area contributed by atoms with E-state index >= 15 is 0 Å². The molecule has 1 saturated heterocycles. The van der Waals surface area contributed by atoms with Crippen LogP contribution in [0.4, 0.5) is 4.39 Å². The molecule has 0 amide bonds. The van der Waals surface area contributed by atoms with E-state index in [-0.39, 0.29) is 18.0 Å². The average Bonchev–Trinajstić information content (AvgIpc) is 2.97. The molecule has 2 N–H and O–H groups in total. The number of halogens is 1. The maximum atomic E-state index is 13.1. The Bertz CT molecular complexity index is 599. The molecule has 100 valence electrons. The molecule has 0 aliphatic carbocycles. The van der Waals surface area contributed by atoms with Gasteiger partial charge in [-0.3, -0.25) is 0 Å². The largest absolute Gasteiger partial charge is 0.392 e. The number of aryl methyl sites for hydroxylation is 1. The van der Waals surface area contributed by atoms with Gasteiger partial charge in [0, 0.05) is 12.1 Å². The van der Waals surface area contributed by atoms with Crippen LogP contribution in [0.25, 0.3) is 11.4 Å². The van der Waals surface area contributed by atoms with E-state index in [0.29, 0.717) is 24.7 Å². The molecule has 1 aromatic heterocycles. The van der Waals surface area contributed by atoms with Gasteiger partial charge in [-0.15, -0.1) is 0 Å². The molecule has 1 aliphatic heterocycles. The first-order valence-corrected chi connectivity index (χ1v) is 6.15. The van der Waals surface area contributed by atoms with E-state index in [1.54, 1.807) is 13.0 Å². The molecule has 0 spiro atoms. The van der Waals surface area contributed by atoms with Crippen LogP contribution < -0.4 is 5.32 Å². The fourth-order valence-electron chi connectivity index (χ4n) is 2.27. The van der Waals surface area contributed by atoms with Gasteiger partial charge in [0.15, 0.2) is 0 Å². The molecule has 2 heterocycles. The summed E-state index contributed by atoms with van der Waals surface area (Å²) >= 11 is 0. The second kappa shape index (κ2) is 4.71. The van der Waals surface area contributed by atoms with Crippen molar-refractivity contribution in [2.24, 2.45) is 0 Å². The molecular weight excluding hydrogens is 249 g/mol. The van der Waals surface area contributed by atoms with Gasteiger partial charge >= 0.3 is 0 Å². The van der Waals surface area contributed by atoms with Crippen molar-refractivity contribution >= 4 is 0 Å². The minimum atomic E-state index is -0.382. The fraction of sp³-hybridized carbons (Fsp3) is 0.385. The highest BCUT2D eigenvalue weighted by Gasteiger charge is 2.28. The SMILES string of the molecule is Cc1cc(F)ccc1-c1noc([C@@H]2C[C@H](O)CN2)n1. The van der Waals surface area contributed by atoms with Gasteiger partial charge in [-0.1, -0.05) is 5.16 Å². The quantitative estimate of drug-likeness (QED) is 0.860. The third kappa shape index (κ3) is 2.36. The molecular formula is C13H14FN3O2. The third-order valence-corrected chi connectivity index (χ3v) is 3.28. The summed E-state index contributed by atoms with van der Waals surface area (Å²) in [6.45, 7) is 2.32. The summed E-state index contributed by atoms with van der Waals surface area (Å²) in [5.41, 5.74) is 1.50. The second-order valence-corrected chi connectivity index (χ2v) is 4.77. The zero-order valence-electron chi connectivity index (χ0n) is 10.4. The van der Waals surface area contributed by atoms with Crippen LogP contribution in [0.1, 0.15) is 23.9 Å². The molecule has 2 atom stereocenters. The highest BCUT2D eigenvalue weighted by atomic mass is 19.1. The molecule has 1 aliphatic rings. The average molecular weight is 263 g/mol. The molecule has 3 rings (SSSR count). The standard InChI is InChI=1S/C13H14FN3O2/c1-7-4-8(14)2-3-10(7)12-16-13(19-17-12)11-5-9(18)6-15-11/h2-4,9,11,15,18H,5-6H2,1H3/t9-,11-/m0/s1. The van der Waals surface area contributed by atoms with E-state index in [4.69, 9.17) is 4.52 Å². The van der Waals surface area contributed by atoms with Gasteiger partial charge in [0.1, 0.15) is 5.82 Å². The number of aliphatic hydroxyl groups excluding tert-OH is 1. The Labute approximate surface area is 109 Å². The Hall–Kier alpha value is -1.79. The van der Waals surface area contributed by atoms with Crippen molar-refractivity contribution in [2.75, 3.05) is 6.54 Å². The lowest BCUT2D eigenvalue weighted by Gasteiger charge is -2.02. The molecule has 5 nitrogen and oxygen atoms in total. The van der Waals surface area contributed by atoms with Crippen LogP contribution in [0.15, 0.2) is 22.7 Å². The number of hydrogen-bond donors (Lipinski definition) is 2. The van der Waals surface area contributed by atoms with Gasteiger partial charge in [-0.25, -0.2) is 4.39 Å². The van der Waals surface area contributed by atoms with Crippen LogP contribution in [0.3, 0.4) is 0 Å². The van der Waals surface area contributed by atoms with Crippen LogP contribution in [0, 0.1) is 12.7 Å². The molecule has 0 bridgehead atoms. The Morgan fingerprint density at radius 3 is 3.00 bits per heavy atom. The number of rotatable bonds is 2. The van der Waals surface area contributed by atoms with Gasteiger partial charge in [0.2, 0.25) is 11.7 Å². The summed E-state index contributed by atoms with van der Waals surface area (Å²) in [5.74, 6) is 0.608. The van der Waals surface area contributed by atoms with Crippen molar-refractivity contribution in [3.05, 3.63) is 35.5 Å². The predicted octanol–water partition coefficient (Wildman–Crippen LogP) is 1.58. The number of aromatic nitrogens is 2. The van der Waals surface area contributed by atoms with Gasteiger partial charge in [0.05, 0.1) is 12.1 Å². The van der Waals surface area contributed by atoms with Gasteiger partial charge in [0.25, 0.3) is 0 Å².